The van der Waals surface area contributed by atoms with E-state index in [1.54, 1.807) is 0 Å². The fourth-order valence-electron chi connectivity index (χ4n) is 2.41. The minimum Gasteiger partial charge on any atom is -0.457 e. The van der Waals surface area contributed by atoms with Crippen molar-refractivity contribution in [1.82, 2.24) is 0 Å². The molecule has 1 saturated carbocycles. The second-order valence-corrected chi connectivity index (χ2v) is 5.77. The van der Waals surface area contributed by atoms with Crippen molar-refractivity contribution in [2.75, 3.05) is 6.54 Å². The molecule has 20 heavy (non-hydrogen) atoms. The molecule has 0 bridgehead atoms. The summed E-state index contributed by atoms with van der Waals surface area (Å²) < 4.78 is 10.3. The van der Waals surface area contributed by atoms with E-state index in [4.69, 9.17) is 26.8 Å². The van der Waals surface area contributed by atoms with Crippen LogP contribution in [0.25, 0.3) is 0 Å². The molecule has 0 radical (unpaired) electrons. The van der Waals surface area contributed by atoms with Crippen LogP contribution in [-0.4, -0.2) is 29.6 Å². The lowest BCUT2D eigenvalue weighted by Crippen LogP contribution is -2.44. The zero-order chi connectivity index (χ0) is 15.0. The van der Waals surface area contributed by atoms with Gasteiger partial charge in [-0.1, -0.05) is 31.4 Å². The predicted molar refractivity (Wildman–Crippen MR) is 76.2 cm³/mol. The van der Waals surface area contributed by atoms with Crippen LogP contribution in [0.15, 0.2) is 0 Å². The predicted octanol–water partition coefficient (Wildman–Crippen LogP) is 2.49. The number of alkyl halides is 1. The van der Waals surface area contributed by atoms with Gasteiger partial charge in [-0.3, -0.25) is 9.59 Å². The van der Waals surface area contributed by atoms with Gasteiger partial charge in [-0.25, -0.2) is 0 Å². The zero-order valence-electron chi connectivity index (χ0n) is 12.0. The monoisotopic (exact) mass is 305 g/mol. The van der Waals surface area contributed by atoms with Crippen molar-refractivity contribution in [2.45, 2.75) is 69.5 Å². The van der Waals surface area contributed by atoms with Gasteiger partial charge in [0.05, 0.1) is 0 Å². The topological polar surface area (TPSA) is 78.6 Å². The molecule has 0 saturated heterocycles. The van der Waals surface area contributed by atoms with Gasteiger partial charge in [-0.15, -0.1) is 0 Å². The molecule has 1 fully saturated rings. The van der Waals surface area contributed by atoms with E-state index in [0.717, 1.165) is 38.5 Å². The first-order valence-corrected chi connectivity index (χ1v) is 7.70. The molecule has 0 aromatic carbocycles. The highest BCUT2D eigenvalue weighted by atomic mass is 35.5. The second kappa shape index (κ2) is 8.47. The van der Waals surface area contributed by atoms with Gasteiger partial charge in [-0.2, -0.15) is 0 Å². The standard InChI is InChI=1S/C14H24ClNO4/c1-2-6-11(15)19-12(17)9-13(18)20-14(10-16)7-4-3-5-8-14/h11H,2-10,16H2,1H3. The average Bonchev–Trinajstić information content (AvgIpc) is 2.39. The molecular formula is C14H24ClNO4. The third-order valence-electron chi connectivity index (χ3n) is 3.53. The Hall–Kier alpha value is -0.810. The van der Waals surface area contributed by atoms with Crippen molar-refractivity contribution < 1.29 is 19.1 Å². The summed E-state index contributed by atoms with van der Waals surface area (Å²) in [5.74, 6) is -1.23. The molecule has 0 aliphatic heterocycles. The van der Waals surface area contributed by atoms with Crippen molar-refractivity contribution >= 4 is 23.5 Å². The Labute approximate surface area is 125 Å². The highest BCUT2D eigenvalue weighted by Gasteiger charge is 2.35. The Balaban J connectivity index is 2.39. The fraction of sp³-hybridized carbons (Fsp3) is 0.857. The molecule has 0 spiro atoms. The summed E-state index contributed by atoms with van der Waals surface area (Å²) in [6.07, 6.45) is 5.61. The van der Waals surface area contributed by atoms with Gasteiger partial charge in [-0.05, 0) is 32.1 Å². The molecule has 6 heteroatoms. The lowest BCUT2D eigenvalue weighted by Gasteiger charge is -2.35. The molecule has 5 nitrogen and oxygen atoms in total. The van der Waals surface area contributed by atoms with E-state index in [9.17, 15) is 9.59 Å². The minimum atomic E-state index is -0.682. The van der Waals surface area contributed by atoms with Gasteiger partial charge in [0.15, 0.2) is 5.56 Å². The Kier molecular flexibility index (Phi) is 7.30. The van der Waals surface area contributed by atoms with Gasteiger partial charge in [0, 0.05) is 6.54 Å². The number of hydrogen-bond donors (Lipinski definition) is 1. The number of esters is 2. The fourth-order valence-corrected chi connectivity index (χ4v) is 2.73. The van der Waals surface area contributed by atoms with Crippen LogP contribution < -0.4 is 5.73 Å². The summed E-state index contributed by atoms with van der Waals surface area (Å²) in [6.45, 7) is 2.23. The zero-order valence-corrected chi connectivity index (χ0v) is 12.8. The average molecular weight is 306 g/mol. The van der Waals surface area contributed by atoms with E-state index in [1.165, 1.54) is 0 Å². The third-order valence-corrected chi connectivity index (χ3v) is 3.84. The molecular weight excluding hydrogens is 282 g/mol. The number of hydrogen-bond acceptors (Lipinski definition) is 5. The largest absolute Gasteiger partial charge is 0.457 e. The molecule has 0 heterocycles. The summed E-state index contributed by atoms with van der Waals surface area (Å²) in [7, 11) is 0. The lowest BCUT2D eigenvalue weighted by atomic mass is 9.84. The Morgan fingerprint density at radius 3 is 2.45 bits per heavy atom. The van der Waals surface area contributed by atoms with E-state index in [-0.39, 0.29) is 0 Å². The molecule has 116 valence electrons. The molecule has 1 unspecified atom stereocenters. The number of nitrogens with two attached hydrogens (primary N) is 1. The Morgan fingerprint density at radius 1 is 1.25 bits per heavy atom. The maximum absolute atomic E-state index is 11.8. The third kappa shape index (κ3) is 5.67. The van der Waals surface area contributed by atoms with Crippen LogP contribution in [0.4, 0.5) is 0 Å². The number of rotatable bonds is 7. The smallest absolute Gasteiger partial charge is 0.318 e. The van der Waals surface area contributed by atoms with Crippen molar-refractivity contribution in [3.63, 3.8) is 0 Å². The van der Waals surface area contributed by atoms with Crippen molar-refractivity contribution in [2.24, 2.45) is 5.73 Å². The lowest BCUT2D eigenvalue weighted by molar-refractivity contribution is -0.167. The summed E-state index contributed by atoms with van der Waals surface area (Å²) in [5.41, 5.74) is 4.44. The highest BCUT2D eigenvalue weighted by Crippen LogP contribution is 2.31. The van der Waals surface area contributed by atoms with Crippen LogP contribution in [0.2, 0.25) is 0 Å². The Bertz CT molecular complexity index is 329. The molecule has 0 aromatic heterocycles. The first kappa shape index (κ1) is 17.2. The van der Waals surface area contributed by atoms with E-state index in [2.05, 4.69) is 0 Å². The van der Waals surface area contributed by atoms with Crippen LogP contribution in [0.5, 0.6) is 0 Å². The molecule has 1 atom stereocenters. The quantitative estimate of drug-likeness (QED) is 0.444. The number of ether oxygens (including phenoxy) is 2. The summed E-state index contributed by atoms with van der Waals surface area (Å²) >= 11 is 5.79. The van der Waals surface area contributed by atoms with Gasteiger partial charge >= 0.3 is 11.9 Å². The number of carbonyl (C=O) groups is 2. The van der Waals surface area contributed by atoms with Gasteiger partial charge < -0.3 is 15.2 Å². The summed E-state index contributed by atoms with van der Waals surface area (Å²) in [4.78, 5) is 23.3. The SMILES string of the molecule is CCCC(Cl)OC(=O)CC(=O)OC1(CN)CCCCC1. The van der Waals surface area contributed by atoms with Crippen LogP contribution >= 0.6 is 11.6 Å². The Morgan fingerprint density at radius 2 is 1.90 bits per heavy atom. The van der Waals surface area contributed by atoms with E-state index >= 15 is 0 Å². The van der Waals surface area contributed by atoms with Crippen LogP contribution in [-0.2, 0) is 19.1 Å². The first-order chi connectivity index (χ1) is 9.51. The van der Waals surface area contributed by atoms with Crippen LogP contribution in [0, 0.1) is 0 Å². The summed E-state index contributed by atoms with van der Waals surface area (Å²) in [5, 5.41) is 0. The van der Waals surface area contributed by atoms with Crippen molar-refractivity contribution in [3.05, 3.63) is 0 Å². The van der Waals surface area contributed by atoms with E-state index in [1.807, 2.05) is 6.92 Å². The van der Waals surface area contributed by atoms with E-state index < -0.39 is 29.5 Å². The maximum atomic E-state index is 11.8. The summed E-state index contributed by atoms with van der Waals surface area (Å²) in [6, 6.07) is 0. The van der Waals surface area contributed by atoms with Gasteiger partial charge in [0.2, 0.25) is 0 Å². The van der Waals surface area contributed by atoms with Crippen molar-refractivity contribution in [1.29, 1.82) is 0 Å². The minimum absolute atomic E-state index is 0.293. The van der Waals surface area contributed by atoms with Crippen LogP contribution in [0.3, 0.4) is 0 Å². The molecule has 1 aliphatic carbocycles. The first-order valence-electron chi connectivity index (χ1n) is 7.27. The van der Waals surface area contributed by atoms with Gasteiger partial charge in [0.1, 0.15) is 12.0 Å². The molecule has 1 rings (SSSR count). The highest BCUT2D eigenvalue weighted by molar-refractivity contribution is 6.20. The number of halogens is 1. The van der Waals surface area contributed by atoms with Crippen molar-refractivity contribution in [3.8, 4) is 0 Å². The number of carbonyl (C=O) groups excluding carboxylic acids is 2. The molecule has 1 aliphatic rings. The molecule has 2 N–H and O–H groups in total. The van der Waals surface area contributed by atoms with Gasteiger partial charge in [0.25, 0.3) is 0 Å². The van der Waals surface area contributed by atoms with Crippen LogP contribution in [0.1, 0.15) is 58.3 Å². The molecule has 0 amide bonds. The normalized spacial score (nSPS) is 19.1. The maximum Gasteiger partial charge on any atom is 0.318 e. The molecule has 0 aromatic rings. The van der Waals surface area contributed by atoms with E-state index in [0.29, 0.717) is 13.0 Å². The second-order valence-electron chi connectivity index (χ2n) is 5.29.